The fourth-order valence-electron chi connectivity index (χ4n) is 4.45. The summed E-state index contributed by atoms with van der Waals surface area (Å²) in [5.41, 5.74) is 5.89. The van der Waals surface area contributed by atoms with Crippen LogP contribution < -0.4 is 0 Å². The molecule has 0 unspecified atom stereocenters. The fraction of sp³-hybridized carbons (Fsp3) is 0.400. The van der Waals surface area contributed by atoms with Crippen LogP contribution in [0, 0.1) is 4.91 Å². The number of halogens is 1. The summed E-state index contributed by atoms with van der Waals surface area (Å²) < 4.78 is 0. The maximum absolute atomic E-state index is 10.7. The van der Waals surface area contributed by atoms with Gasteiger partial charge in [-0.25, -0.2) is 0 Å². The lowest BCUT2D eigenvalue weighted by Gasteiger charge is -2.38. The van der Waals surface area contributed by atoms with Crippen molar-refractivity contribution in [3.63, 3.8) is 0 Å². The number of aromatic hydroxyl groups is 1. The Morgan fingerprint density at radius 3 is 2.80 bits per heavy atom. The largest absolute Gasteiger partial charge is 0.506 e. The van der Waals surface area contributed by atoms with Crippen molar-refractivity contribution in [1.29, 1.82) is 0 Å². The monoisotopic (exact) mass is 356 g/mol. The van der Waals surface area contributed by atoms with Gasteiger partial charge in [0.25, 0.3) is 0 Å². The third kappa shape index (κ3) is 2.83. The smallest absolute Gasteiger partial charge is 0.134 e. The molecule has 1 aliphatic heterocycles. The third-order valence-corrected chi connectivity index (χ3v) is 6.03. The molecule has 0 bridgehead atoms. The van der Waals surface area contributed by atoms with Gasteiger partial charge < -0.3 is 10.0 Å². The van der Waals surface area contributed by atoms with E-state index in [-0.39, 0.29) is 18.2 Å². The number of likely N-dealkylation sites (N-methyl/N-ethyl adjacent to an activating group) is 1. The summed E-state index contributed by atoms with van der Waals surface area (Å²) in [7, 11) is 2.17. The van der Waals surface area contributed by atoms with Gasteiger partial charge in [-0.1, -0.05) is 35.0 Å². The first kappa shape index (κ1) is 16.6. The summed E-state index contributed by atoms with van der Waals surface area (Å²) in [6.45, 7) is 1.17. The molecule has 4 nitrogen and oxygen atoms in total. The van der Waals surface area contributed by atoms with Crippen LogP contribution in [0.15, 0.2) is 35.5 Å². The molecule has 0 fully saturated rings. The zero-order valence-corrected chi connectivity index (χ0v) is 15.0. The van der Waals surface area contributed by atoms with Crippen molar-refractivity contribution in [3.05, 3.63) is 68.1 Å². The van der Waals surface area contributed by atoms with Gasteiger partial charge in [0.2, 0.25) is 0 Å². The van der Waals surface area contributed by atoms with Gasteiger partial charge in [0.1, 0.15) is 12.3 Å². The minimum absolute atomic E-state index is 0.140. The van der Waals surface area contributed by atoms with Crippen LogP contribution in [-0.2, 0) is 19.4 Å². The van der Waals surface area contributed by atoms with Crippen molar-refractivity contribution in [2.75, 3.05) is 13.6 Å². The average Bonchev–Trinajstić information content (AvgIpc) is 2.74. The molecule has 0 saturated heterocycles. The van der Waals surface area contributed by atoms with E-state index in [9.17, 15) is 10.0 Å². The molecule has 1 aliphatic carbocycles. The number of phenols is 1. The zero-order valence-electron chi connectivity index (χ0n) is 14.2. The van der Waals surface area contributed by atoms with Crippen LogP contribution in [0.3, 0.4) is 0 Å². The van der Waals surface area contributed by atoms with Crippen LogP contribution in [-0.4, -0.2) is 29.6 Å². The van der Waals surface area contributed by atoms with Crippen LogP contribution in [0.5, 0.6) is 5.75 Å². The Morgan fingerprint density at radius 1 is 1.20 bits per heavy atom. The van der Waals surface area contributed by atoms with E-state index in [4.69, 9.17) is 11.6 Å². The normalized spacial score (nSPS) is 22.5. The van der Waals surface area contributed by atoms with Crippen LogP contribution >= 0.6 is 11.6 Å². The fourth-order valence-corrected chi connectivity index (χ4v) is 4.64. The predicted octanol–water partition coefficient (Wildman–Crippen LogP) is 4.25. The van der Waals surface area contributed by atoms with Crippen molar-refractivity contribution in [3.8, 4) is 5.75 Å². The van der Waals surface area contributed by atoms with Gasteiger partial charge in [-0.3, -0.25) is 0 Å². The minimum atomic E-state index is 0.140. The molecule has 0 spiro atoms. The van der Waals surface area contributed by atoms with E-state index in [1.165, 1.54) is 16.7 Å². The Morgan fingerprint density at radius 2 is 2.00 bits per heavy atom. The van der Waals surface area contributed by atoms with Gasteiger partial charge in [-0.05, 0) is 66.3 Å². The maximum atomic E-state index is 10.7. The number of hydrogen-bond acceptors (Lipinski definition) is 4. The van der Waals surface area contributed by atoms with Gasteiger partial charge in [0.05, 0.1) is 5.02 Å². The van der Waals surface area contributed by atoms with Crippen molar-refractivity contribution in [2.24, 2.45) is 5.18 Å². The van der Waals surface area contributed by atoms with Crippen LogP contribution in [0.25, 0.3) is 0 Å². The average molecular weight is 357 g/mol. The number of rotatable bonds is 2. The number of benzene rings is 2. The minimum Gasteiger partial charge on any atom is -0.506 e. The number of nitroso groups, excluding NO2 is 1. The zero-order chi connectivity index (χ0) is 17.6. The van der Waals surface area contributed by atoms with E-state index in [1.807, 2.05) is 18.2 Å². The molecule has 0 amide bonds. The number of hydrogen-bond donors (Lipinski definition) is 1. The van der Waals surface area contributed by atoms with Crippen molar-refractivity contribution >= 4 is 11.6 Å². The van der Waals surface area contributed by atoms with Gasteiger partial charge in [-0.15, -0.1) is 0 Å². The highest BCUT2D eigenvalue weighted by Gasteiger charge is 2.37. The third-order valence-electron chi connectivity index (χ3n) is 5.73. The number of aryl methyl sites for hydroxylation is 1. The molecular weight excluding hydrogens is 336 g/mol. The molecule has 2 aromatic carbocycles. The first-order chi connectivity index (χ1) is 12.1. The Balaban J connectivity index is 1.91. The first-order valence-electron chi connectivity index (χ1n) is 8.71. The molecular formula is C20H21ClN2O2. The topological polar surface area (TPSA) is 52.9 Å². The highest BCUT2D eigenvalue weighted by molar-refractivity contribution is 6.32. The molecule has 25 heavy (non-hydrogen) atoms. The van der Waals surface area contributed by atoms with E-state index in [0.717, 1.165) is 36.9 Å². The lowest BCUT2D eigenvalue weighted by Crippen LogP contribution is -2.39. The van der Waals surface area contributed by atoms with Crippen LogP contribution in [0.2, 0.25) is 5.02 Å². The standard InChI is InChI=1S/C20H21ClN2O2/c1-23-7-6-14-9-17(21)19(24)10-16(14)20-15-8-12(11-22-25)2-3-13(15)4-5-18(20)23/h2-3,8-10,18,20,24H,4-7,11H2,1H3/t18-,20+/m0/s1. The molecule has 5 heteroatoms. The molecule has 1 N–H and O–H groups in total. The van der Waals surface area contributed by atoms with E-state index in [2.05, 4.69) is 29.3 Å². The van der Waals surface area contributed by atoms with Gasteiger partial charge in [-0.2, -0.15) is 4.91 Å². The van der Waals surface area contributed by atoms with E-state index < -0.39 is 0 Å². The Labute approximate surface area is 152 Å². The van der Waals surface area contributed by atoms with E-state index in [0.29, 0.717) is 11.1 Å². The predicted molar refractivity (Wildman–Crippen MR) is 99.3 cm³/mol. The SMILES string of the molecule is CN1CCc2cc(Cl)c(O)cc2[C@H]2c3cc(CN=O)ccc3CC[C@@H]21. The molecule has 0 saturated carbocycles. The van der Waals surface area contributed by atoms with E-state index >= 15 is 0 Å². The molecule has 1 heterocycles. The molecule has 2 aromatic rings. The second-order valence-electron chi connectivity index (χ2n) is 7.14. The van der Waals surface area contributed by atoms with Crippen molar-refractivity contribution < 1.29 is 5.11 Å². The molecule has 4 rings (SSSR count). The Kier molecular flexibility index (Phi) is 4.26. The van der Waals surface area contributed by atoms with Crippen LogP contribution in [0.1, 0.15) is 40.2 Å². The van der Waals surface area contributed by atoms with Gasteiger partial charge in [0.15, 0.2) is 0 Å². The summed E-state index contributed by atoms with van der Waals surface area (Å²) in [5, 5.41) is 13.7. The highest BCUT2D eigenvalue weighted by atomic mass is 35.5. The quantitative estimate of drug-likeness (QED) is 0.818. The number of phenolic OH excluding ortho intramolecular Hbond substituents is 1. The second-order valence-corrected chi connectivity index (χ2v) is 7.54. The Bertz CT molecular complexity index is 837. The summed E-state index contributed by atoms with van der Waals surface area (Å²) in [6.07, 6.45) is 3.04. The molecule has 2 atom stereocenters. The lowest BCUT2D eigenvalue weighted by molar-refractivity contribution is 0.214. The summed E-state index contributed by atoms with van der Waals surface area (Å²) in [6, 6.07) is 10.4. The second kappa shape index (κ2) is 6.43. The Hall–Kier alpha value is -1.91. The lowest BCUT2D eigenvalue weighted by atomic mass is 9.74. The molecule has 0 aromatic heterocycles. The first-order valence-corrected chi connectivity index (χ1v) is 9.08. The molecule has 2 aliphatic rings. The van der Waals surface area contributed by atoms with E-state index in [1.54, 1.807) is 0 Å². The number of nitrogens with zero attached hydrogens (tertiary/aromatic N) is 2. The number of fused-ring (bicyclic) bond motifs is 5. The van der Waals surface area contributed by atoms with Crippen molar-refractivity contribution in [2.45, 2.75) is 37.8 Å². The maximum Gasteiger partial charge on any atom is 0.134 e. The van der Waals surface area contributed by atoms with Crippen LogP contribution in [0.4, 0.5) is 0 Å². The molecule has 0 radical (unpaired) electrons. The van der Waals surface area contributed by atoms with Crippen molar-refractivity contribution in [1.82, 2.24) is 4.90 Å². The summed E-state index contributed by atoms with van der Waals surface area (Å²) >= 11 is 6.17. The summed E-state index contributed by atoms with van der Waals surface area (Å²) in [5.74, 6) is 0.322. The highest BCUT2D eigenvalue weighted by Crippen LogP contribution is 2.44. The summed E-state index contributed by atoms with van der Waals surface area (Å²) in [4.78, 5) is 13.1. The van der Waals surface area contributed by atoms with Gasteiger partial charge >= 0.3 is 0 Å². The molecule has 130 valence electrons. The van der Waals surface area contributed by atoms with Gasteiger partial charge in [0, 0.05) is 18.5 Å².